The zero-order valence-electron chi connectivity index (χ0n) is 9.45. The van der Waals surface area contributed by atoms with Gasteiger partial charge in [-0.15, -0.1) is 0 Å². The fraction of sp³-hybridized carbons (Fsp3) is 1.00. The van der Waals surface area contributed by atoms with E-state index in [2.05, 4.69) is 0 Å². The van der Waals surface area contributed by atoms with Crippen molar-refractivity contribution in [1.29, 1.82) is 0 Å². The Hall–Kier alpha value is 1.99. The molecular weight excluding hydrogens is 167 g/mol. The number of thiol groups is 1. The zero-order chi connectivity index (χ0) is 8.00. The summed E-state index contributed by atoms with van der Waals surface area (Å²) in [5, 5.41) is 0. The third-order valence-electron chi connectivity index (χ3n) is 0. The summed E-state index contributed by atoms with van der Waals surface area (Å²) in [6.07, 6.45) is 0. The summed E-state index contributed by atoms with van der Waals surface area (Å²) in [7, 11) is 0. The van der Waals surface area contributed by atoms with Crippen molar-refractivity contribution >= 4 is 13.5 Å². The largest absolute Gasteiger partial charge is 1.00 e. The van der Waals surface area contributed by atoms with Crippen molar-refractivity contribution in [2.24, 2.45) is 0 Å². The van der Waals surface area contributed by atoms with Gasteiger partial charge in [-0.05, 0) is 0 Å². The van der Waals surface area contributed by atoms with Crippen molar-refractivity contribution in [2.75, 3.05) is 0 Å². The summed E-state index contributed by atoms with van der Waals surface area (Å²) in [6.45, 7) is 16.0. The van der Waals surface area contributed by atoms with Crippen LogP contribution in [-0.4, -0.2) is 0 Å². The van der Waals surface area contributed by atoms with Crippen molar-refractivity contribution in [3.8, 4) is 0 Å². The molecule has 0 radical (unpaired) electrons. The minimum absolute atomic E-state index is 0. The SMILES string of the molecule is CC.CC.CC.CC.[2HH].[K+].[SH-]. The van der Waals surface area contributed by atoms with Crippen molar-refractivity contribution in [2.45, 2.75) is 55.4 Å². The fourth-order valence-electron chi connectivity index (χ4n) is 0. The van der Waals surface area contributed by atoms with Gasteiger partial charge in [-0.1, -0.05) is 55.4 Å². The van der Waals surface area contributed by atoms with Crippen LogP contribution in [0.15, 0.2) is 0 Å². The minimum Gasteiger partial charge on any atom is -0.813 e. The second-order valence-electron chi connectivity index (χ2n) is 0. The third-order valence-corrected chi connectivity index (χ3v) is 0. The third kappa shape index (κ3) is 204. The van der Waals surface area contributed by atoms with E-state index in [0.29, 0.717) is 0 Å². The first-order valence-electron chi connectivity index (χ1n) is 4.00. The van der Waals surface area contributed by atoms with E-state index in [1.807, 2.05) is 55.4 Å². The predicted octanol–water partition coefficient (Wildman–Crippen LogP) is 1.08. The summed E-state index contributed by atoms with van der Waals surface area (Å²) >= 11 is 0. The van der Waals surface area contributed by atoms with Crippen LogP contribution < -0.4 is 51.4 Å². The van der Waals surface area contributed by atoms with Gasteiger partial charge in [-0.25, -0.2) is 0 Å². The summed E-state index contributed by atoms with van der Waals surface area (Å²) < 4.78 is 0. The Morgan fingerprint density at radius 1 is 0.500 bits per heavy atom. The summed E-state index contributed by atoms with van der Waals surface area (Å²) in [5.74, 6) is 0. The van der Waals surface area contributed by atoms with E-state index < -0.39 is 0 Å². The summed E-state index contributed by atoms with van der Waals surface area (Å²) in [6, 6.07) is 0. The van der Waals surface area contributed by atoms with Gasteiger partial charge in [0, 0.05) is 1.43 Å². The molecule has 0 rings (SSSR count). The molecule has 0 saturated carbocycles. The van der Waals surface area contributed by atoms with E-state index in [0.717, 1.165) is 0 Å². The van der Waals surface area contributed by atoms with Gasteiger partial charge in [0.2, 0.25) is 0 Å². The number of rotatable bonds is 0. The average Bonchev–Trinajstić information content (AvgIpc) is 2.03. The van der Waals surface area contributed by atoms with E-state index in [4.69, 9.17) is 0 Å². The normalized spacial score (nSPS) is 2.40. The van der Waals surface area contributed by atoms with Gasteiger partial charge in [-0.3, -0.25) is 0 Å². The van der Waals surface area contributed by atoms with E-state index in [-0.39, 0.29) is 66.3 Å². The molecule has 0 aromatic carbocycles. The van der Waals surface area contributed by atoms with Gasteiger partial charge < -0.3 is 13.5 Å². The molecule has 0 spiro atoms. The zero-order valence-corrected chi connectivity index (χ0v) is 13.5. The monoisotopic (exact) mass is 195 g/mol. The Kier molecular flexibility index (Phi) is 1120. The van der Waals surface area contributed by atoms with Crippen LogP contribution in [-0.2, 0) is 13.5 Å². The summed E-state index contributed by atoms with van der Waals surface area (Å²) in [4.78, 5) is 0. The Morgan fingerprint density at radius 3 is 0.500 bits per heavy atom. The quantitative estimate of drug-likeness (QED) is 0.317. The molecule has 10 heavy (non-hydrogen) atoms. The van der Waals surface area contributed by atoms with Crippen LogP contribution in [0.3, 0.4) is 0 Å². The minimum atomic E-state index is 0. The molecule has 0 unspecified atom stereocenters. The van der Waals surface area contributed by atoms with Crippen LogP contribution in [0.25, 0.3) is 0 Å². The maximum absolute atomic E-state index is 2.00. The molecule has 0 N–H and O–H groups in total. The fourth-order valence-corrected chi connectivity index (χ4v) is 0. The van der Waals surface area contributed by atoms with Gasteiger partial charge in [-0.2, -0.15) is 0 Å². The molecule has 0 heterocycles. The van der Waals surface area contributed by atoms with Crippen LogP contribution in [0.4, 0.5) is 0 Å². The van der Waals surface area contributed by atoms with Crippen LogP contribution in [0.2, 0.25) is 0 Å². The van der Waals surface area contributed by atoms with E-state index in [1.165, 1.54) is 0 Å². The Morgan fingerprint density at radius 2 is 0.500 bits per heavy atom. The van der Waals surface area contributed by atoms with E-state index in [9.17, 15) is 0 Å². The standard InChI is InChI=1S/4C2H6.K.H2S.H2/c4*1-2;;;/h4*1-2H3;;1H2;1H/q;;;;+1;;/p-1/i;;;;;;1+1. The van der Waals surface area contributed by atoms with Gasteiger partial charge >= 0.3 is 51.4 Å². The molecule has 66 valence electrons. The molecule has 0 amide bonds. The van der Waals surface area contributed by atoms with Crippen LogP contribution >= 0.6 is 0 Å². The maximum atomic E-state index is 2.00. The molecule has 2 heteroatoms. The molecule has 0 aliphatic carbocycles. The Labute approximate surface area is 120 Å². The molecule has 0 aliphatic rings. The molecule has 0 fully saturated rings. The average molecular weight is 195 g/mol. The molecule has 0 aliphatic heterocycles. The number of hydrogen-bond acceptors (Lipinski definition) is 1. The second kappa shape index (κ2) is 278. The van der Waals surface area contributed by atoms with Crippen LogP contribution in [0.1, 0.15) is 56.8 Å². The van der Waals surface area contributed by atoms with Crippen LogP contribution in [0, 0.1) is 0 Å². The van der Waals surface area contributed by atoms with Crippen molar-refractivity contribution in [3.05, 3.63) is 0 Å². The van der Waals surface area contributed by atoms with Crippen molar-refractivity contribution in [3.63, 3.8) is 0 Å². The predicted molar refractivity (Wildman–Crippen MR) is 56.3 cm³/mol. The Balaban J connectivity index is -0.00000000356. The molecule has 0 nitrogen and oxygen atoms in total. The maximum Gasteiger partial charge on any atom is 1.00 e. The second-order valence-corrected chi connectivity index (χ2v) is 0. The first kappa shape index (κ1) is 40.4. The molecule has 0 aromatic heterocycles. The molecule has 0 aromatic rings. The van der Waals surface area contributed by atoms with E-state index in [1.54, 1.807) is 0 Å². The van der Waals surface area contributed by atoms with Crippen LogP contribution in [0.5, 0.6) is 0 Å². The van der Waals surface area contributed by atoms with Gasteiger partial charge in [0.05, 0.1) is 0 Å². The van der Waals surface area contributed by atoms with Gasteiger partial charge in [0.1, 0.15) is 0 Å². The van der Waals surface area contributed by atoms with Crippen molar-refractivity contribution in [1.82, 2.24) is 0 Å². The first-order chi connectivity index (χ1) is 4.00. The molecule has 0 bridgehead atoms. The Bertz CT molecular complexity index is 14.1. The molecule has 0 atom stereocenters. The molecular formula is C8H27KS. The van der Waals surface area contributed by atoms with Crippen molar-refractivity contribution < 1.29 is 52.8 Å². The van der Waals surface area contributed by atoms with E-state index >= 15 is 0 Å². The van der Waals surface area contributed by atoms with Gasteiger partial charge in [0.25, 0.3) is 0 Å². The summed E-state index contributed by atoms with van der Waals surface area (Å²) in [5.41, 5.74) is 0. The molecule has 0 saturated heterocycles. The smallest absolute Gasteiger partial charge is 0.813 e. The van der Waals surface area contributed by atoms with Gasteiger partial charge in [0.15, 0.2) is 0 Å². The number of hydrogen-bond donors (Lipinski definition) is 0. The first-order valence-corrected chi connectivity index (χ1v) is 4.00. The topological polar surface area (TPSA) is 0 Å².